The second-order valence-corrected chi connectivity index (χ2v) is 5.75. The van der Waals surface area contributed by atoms with Crippen molar-refractivity contribution in [2.24, 2.45) is 0 Å². The Kier molecular flexibility index (Phi) is 2.98. The van der Waals surface area contributed by atoms with Gasteiger partial charge in [0.15, 0.2) is 0 Å². The van der Waals surface area contributed by atoms with E-state index in [1.165, 1.54) is 5.39 Å². The molecule has 0 saturated carbocycles. The number of hydrogen-bond acceptors (Lipinski definition) is 1. The standard InChI is InChI=1S/C19H12ClNO/c20-15-7-8-18-16(11-15)17(19(22)21-18)10-12-5-6-13-3-1-2-4-14(13)9-12/h1-11H,(H,21,22)/b17-10+. The van der Waals surface area contributed by atoms with Crippen molar-refractivity contribution in [2.75, 3.05) is 5.32 Å². The minimum absolute atomic E-state index is 0.0922. The van der Waals surface area contributed by atoms with Crippen LogP contribution in [0.15, 0.2) is 60.7 Å². The molecule has 2 nitrogen and oxygen atoms in total. The summed E-state index contributed by atoms with van der Waals surface area (Å²) in [7, 11) is 0. The predicted molar refractivity (Wildman–Crippen MR) is 91.9 cm³/mol. The number of rotatable bonds is 1. The maximum absolute atomic E-state index is 12.2. The Morgan fingerprint density at radius 2 is 1.73 bits per heavy atom. The molecule has 0 unspecified atom stereocenters. The summed E-state index contributed by atoms with van der Waals surface area (Å²) in [5.41, 5.74) is 3.30. The van der Waals surface area contributed by atoms with Gasteiger partial charge in [-0.15, -0.1) is 0 Å². The van der Waals surface area contributed by atoms with E-state index < -0.39 is 0 Å². The molecule has 0 atom stereocenters. The van der Waals surface area contributed by atoms with E-state index in [4.69, 9.17) is 11.6 Å². The lowest BCUT2D eigenvalue weighted by molar-refractivity contribution is -0.110. The SMILES string of the molecule is O=C1Nc2ccc(Cl)cc2/C1=C\c1ccc2ccccc2c1. The molecule has 1 amide bonds. The average Bonchev–Trinajstić information content (AvgIpc) is 2.83. The van der Waals surface area contributed by atoms with Crippen LogP contribution in [0.1, 0.15) is 11.1 Å². The van der Waals surface area contributed by atoms with Gasteiger partial charge in [-0.05, 0) is 46.7 Å². The minimum atomic E-state index is -0.0922. The summed E-state index contributed by atoms with van der Waals surface area (Å²) in [6.07, 6.45) is 1.91. The molecule has 0 radical (unpaired) electrons. The van der Waals surface area contributed by atoms with Gasteiger partial charge in [-0.3, -0.25) is 4.79 Å². The molecule has 1 aliphatic rings. The molecule has 0 fully saturated rings. The van der Waals surface area contributed by atoms with Crippen LogP contribution in [-0.4, -0.2) is 5.91 Å². The highest BCUT2D eigenvalue weighted by molar-refractivity contribution is 6.36. The Balaban J connectivity index is 1.85. The Morgan fingerprint density at radius 1 is 0.909 bits per heavy atom. The van der Waals surface area contributed by atoms with E-state index in [0.29, 0.717) is 10.6 Å². The second kappa shape index (κ2) is 5.00. The van der Waals surface area contributed by atoms with Crippen LogP contribution in [0, 0.1) is 0 Å². The van der Waals surface area contributed by atoms with Crippen LogP contribution in [0.4, 0.5) is 5.69 Å². The first-order valence-corrected chi connectivity index (χ1v) is 7.40. The number of carbonyl (C=O) groups excluding carboxylic acids is 1. The van der Waals surface area contributed by atoms with Crippen molar-refractivity contribution in [1.82, 2.24) is 0 Å². The zero-order valence-electron chi connectivity index (χ0n) is 11.6. The third-order valence-electron chi connectivity index (χ3n) is 3.85. The predicted octanol–water partition coefficient (Wildman–Crippen LogP) is 4.99. The van der Waals surface area contributed by atoms with Crippen molar-refractivity contribution >= 4 is 45.6 Å². The molecule has 22 heavy (non-hydrogen) atoms. The molecule has 0 aromatic heterocycles. The molecule has 106 valence electrons. The van der Waals surface area contributed by atoms with Crippen molar-refractivity contribution in [2.45, 2.75) is 0 Å². The van der Waals surface area contributed by atoms with Crippen molar-refractivity contribution in [3.63, 3.8) is 0 Å². The Labute approximate surface area is 133 Å². The fraction of sp³-hybridized carbons (Fsp3) is 0. The molecular formula is C19H12ClNO. The maximum atomic E-state index is 12.2. The molecule has 3 aromatic carbocycles. The van der Waals surface area contributed by atoms with E-state index in [-0.39, 0.29) is 5.91 Å². The molecule has 4 rings (SSSR count). The molecule has 3 heteroatoms. The molecule has 1 aliphatic heterocycles. The minimum Gasteiger partial charge on any atom is -0.321 e. The van der Waals surface area contributed by atoms with E-state index >= 15 is 0 Å². The van der Waals surface area contributed by atoms with Crippen LogP contribution in [0.5, 0.6) is 0 Å². The molecule has 0 saturated heterocycles. The van der Waals surface area contributed by atoms with Crippen LogP contribution in [0.3, 0.4) is 0 Å². The number of hydrogen-bond donors (Lipinski definition) is 1. The molecule has 0 aliphatic carbocycles. The van der Waals surface area contributed by atoms with E-state index in [9.17, 15) is 4.79 Å². The van der Waals surface area contributed by atoms with E-state index in [2.05, 4.69) is 29.6 Å². The van der Waals surface area contributed by atoms with Crippen LogP contribution in [-0.2, 0) is 4.79 Å². The van der Waals surface area contributed by atoms with Crippen LogP contribution in [0.25, 0.3) is 22.4 Å². The summed E-state index contributed by atoms with van der Waals surface area (Å²) in [6.45, 7) is 0. The highest BCUT2D eigenvalue weighted by Gasteiger charge is 2.24. The number of anilines is 1. The molecule has 0 spiro atoms. The Morgan fingerprint density at radius 3 is 2.59 bits per heavy atom. The van der Waals surface area contributed by atoms with Crippen LogP contribution >= 0.6 is 11.6 Å². The van der Waals surface area contributed by atoms with E-state index in [0.717, 1.165) is 22.2 Å². The van der Waals surface area contributed by atoms with Crippen LogP contribution < -0.4 is 5.32 Å². The van der Waals surface area contributed by atoms with E-state index in [1.54, 1.807) is 6.07 Å². The third kappa shape index (κ3) is 2.18. The number of halogens is 1. The van der Waals surface area contributed by atoms with Crippen LogP contribution in [0.2, 0.25) is 5.02 Å². The molecule has 3 aromatic rings. The van der Waals surface area contributed by atoms with Gasteiger partial charge in [-0.2, -0.15) is 0 Å². The van der Waals surface area contributed by atoms with Gasteiger partial charge in [0.05, 0.1) is 0 Å². The van der Waals surface area contributed by atoms with Crippen molar-refractivity contribution < 1.29 is 4.79 Å². The van der Waals surface area contributed by atoms with Gasteiger partial charge < -0.3 is 5.32 Å². The zero-order valence-corrected chi connectivity index (χ0v) is 12.4. The van der Waals surface area contributed by atoms with Gasteiger partial charge >= 0.3 is 0 Å². The Hall–Kier alpha value is -2.58. The summed E-state index contributed by atoms with van der Waals surface area (Å²) in [5.74, 6) is -0.0922. The molecule has 1 N–H and O–H groups in total. The first kappa shape index (κ1) is 13.1. The zero-order chi connectivity index (χ0) is 15.1. The summed E-state index contributed by atoms with van der Waals surface area (Å²) >= 11 is 6.05. The smallest absolute Gasteiger partial charge is 0.256 e. The fourth-order valence-corrected chi connectivity index (χ4v) is 2.94. The first-order chi connectivity index (χ1) is 10.7. The lowest BCUT2D eigenvalue weighted by Gasteiger charge is -2.02. The average molecular weight is 306 g/mol. The normalized spacial score (nSPS) is 15.1. The summed E-state index contributed by atoms with van der Waals surface area (Å²) < 4.78 is 0. The van der Waals surface area contributed by atoms with Crippen molar-refractivity contribution in [3.8, 4) is 0 Å². The quantitative estimate of drug-likeness (QED) is 0.631. The highest BCUT2D eigenvalue weighted by Crippen LogP contribution is 2.35. The largest absolute Gasteiger partial charge is 0.321 e. The topological polar surface area (TPSA) is 29.1 Å². The van der Waals surface area contributed by atoms with Crippen molar-refractivity contribution in [3.05, 3.63) is 76.8 Å². The molecular weight excluding hydrogens is 294 g/mol. The summed E-state index contributed by atoms with van der Waals surface area (Å²) in [5, 5.41) is 5.83. The Bertz CT molecular complexity index is 943. The summed E-state index contributed by atoms with van der Waals surface area (Å²) in [6, 6.07) is 19.8. The first-order valence-electron chi connectivity index (χ1n) is 7.02. The van der Waals surface area contributed by atoms with Gasteiger partial charge in [-0.25, -0.2) is 0 Å². The van der Waals surface area contributed by atoms with Crippen molar-refractivity contribution in [1.29, 1.82) is 0 Å². The highest BCUT2D eigenvalue weighted by atomic mass is 35.5. The lowest BCUT2D eigenvalue weighted by atomic mass is 10.0. The van der Waals surface area contributed by atoms with Gasteiger partial charge in [-0.1, -0.05) is 48.0 Å². The van der Waals surface area contributed by atoms with Gasteiger partial charge in [0.1, 0.15) is 0 Å². The van der Waals surface area contributed by atoms with E-state index in [1.807, 2.05) is 36.4 Å². The second-order valence-electron chi connectivity index (χ2n) is 5.31. The fourth-order valence-electron chi connectivity index (χ4n) is 2.77. The monoisotopic (exact) mass is 305 g/mol. The molecule has 1 heterocycles. The number of benzene rings is 3. The third-order valence-corrected chi connectivity index (χ3v) is 4.08. The maximum Gasteiger partial charge on any atom is 0.256 e. The molecule has 0 bridgehead atoms. The number of nitrogens with one attached hydrogen (secondary N) is 1. The summed E-state index contributed by atoms with van der Waals surface area (Å²) in [4.78, 5) is 12.2. The van der Waals surface area contributed by atoms with Gasteiger partial charge in [0, 0.05) is 21.8 Å². The van der Waals surface area contributed by atoms with Gasteiger partial charge in [0.2, 0.25) is 0 Å². The number of carbonyl (C=O) groups is 1. The van der Waals surface area contributed by atoms with Gasteiger partial charge in [0.25, 0.3) is 5.91 Å². The number of amides is 1. The number of fused-ring (bicyclic) bond motifs is 2. The lowest BCUT2D eigenvalue weighted by Crippen LogP contribution is -2.03.